The predicted molar refractivity (Wildman–Crippen MR) is 103 cm³/mol. The minimum Gasteiger partial charge on any atom is -0.298 e. The molecule has 2 aromatic rings. The molecule has 0 aromatic heterocycles. The quantitative estimate of drug-likeness (QED) is 0.295. The summed E-state index contributed by atoms with van der Waals surface area (Å²) in [7, 11) is -3.39. The lowest BCUT2D eigenvalue weighted by atomic mass is 9.93. The Kier molecular flexibility index (Phi) is 6.80. The number of aldehydes is 1. The molecule has 6 heteroatoms. The van der Waals surface area contributed by atoms with Crippen molar-refractivity contribution in [1.29, 1.82) is 0 Å². The van der Waals surface area contributed by atoms with Crippen molar-refractivity contribution in [3.05, 3.63) is 77.4 Å². The van der Waals surface area contributed by atoms with Crippen molar-refractivity contribution in [3.8, 4) is 0 Å². The Bertz CT molecular complexity index is 958. The second-order valence-corrected chi connectivity index (χ2v) is 8.00. The highest BCUT2D eigenvalue weighted by molar-refractivity contribution is 7.90. The summed E-state index contributed by atoms with van der Waals surface area (Å²) in [6, 6.07) is 14.6. The fourth-order valence-corrected chi connectivity index (χ4v) is 3.24. The molecule has 0 unspecified atom stereocenters. The van der Waals surface area contributed by atoms with Crippen LogP contribution in [-0.4, -0.2) is 27.4 Å². The molecule has 0 heterocycles. The maximum atomic E-state index is 13.3. The first-order chi connectivity index (χ1) is 12.8. The Morgan fingerprint density at radius 2 is 1.52 bits per heavy atom. The Labute approximate surface area is 158 Å². The standard InChI is InChI=1S/C21H20F2O3S/c1-3-15(21(22)23)13-19(20(14-24)16-7-5-4-6-8-16)17-9-11-18(12-10-17)27(2,25)26/h4-14,21H,3H2,1-2H3/b15-13+,20-19-. The van der Waals surface area contributed by atoms with Crippen LogP contribution in [0.15, 0.2) is 71.1 Å². The molecular weight excluding hydrogens is 370 g/mol. The fourth-order valence-electron chi connectivity index (χ4n) is 2.61. The van der Waals surface area contributed by atoms with E-state index in [2.05, 4.69) is 0 Å². The number of rotatable bonds is 7. The molecule has 0 radical (unpaired) electrons. The van der Waals surface area contributed by atoms with Crippen molar-refractivity contribution >= 4 is 27.3 Å². The first-order valence-electron chi connectivity index (χ1n) is 8.32. The Morgan fingerprint density at radius 3 is 1.96 bits per heavy atom. The second-order valence-electron chi connectivity index (χ2n) is 5.98. The van der Waals surface area contributed by atoms with E-state index < -0.39 is 16.3 Å². The molecule has 0 aliphatic heterocycles. The third kappa shape index (κ3) is 5.20. The first-order valence-corrected chi connectivity index (χ1v) is 10.2. The van der Waals surface area contributed by atoms with Gasteiger partial charge < -0.3 is 0 Å². The summed E-state index contributed by atoms with van der Waals surface area (Å²) in [4.78, 5) is 11.9. The van der Waals surface area contributed by atoms with Crippen LogP contribution >= 0.6 is 0 Å². The SMILES string of the molecule is CC/C(=C\C(=C(/C=O)c1ccccc1)c1ccc(S(C)(=O)=O)cc1)C(F)F. The number of carbonyl (C=O) groups excluding carboxylic acids is 1. The lowest BCUT2D eigenvalue weighted by Gasteiger charge is -2.12. The molecule has 0 saturated carbocycles. The van der Waals surface area contributed by atoms with Gasteiger partial charge in [-0.15, -0.1) is 0 Å². The van der Waals surface area contributed by atoms with Crippen molar-refractivity contribution in [2.24, 2.45) is 0 Å². The Balaban J connectivity index is 2.74. The summed E-state index contributed by atoms with van der Waals surface area (Å²) in [6.45, 7) is 1.62. The van der Waals surface area contributed by atoms with Crippen molar-refractivity contribution in [1.82, 2.24) is 0 Å². The summed E-state index contributed by atoms with van der Waals surface area (Å²) < 4.78 is 49.9. The number of benzene rings is 2. The molecule has 0 amide bonds. The molecule has 0 saturated heterocycles. The van der Waals surface area contributed by atoms with Crippen LogP contribution in [0.25, 0.3) is 11.1 Å². The Hall–Kier alpha value is -2.60. The molecule has 0 aliphatic carbocycles. The van der Waals surface area contributed by atoms with Crippen LogP contribution in [0.2, 0.25) is 0 Å². The average molecular weight is 390 g/mol. The van der Waals surface area contributed by atoms with Gasteiger partial charge in [-0.2, -0.15) is 0 Å². The minimum absolute atomic E-state index is 0.104. The average Bonchev–Trinajstić information content (AvgIpc) is 2.65. The molecule has 3 nitrogen and oxygen atoms in total. The highest BCUT2D eigenvalue weighted by atomic mass is 32.2. The number of hydrogen-bond donors (Lipinski definition) is 0. The van der Waals surface area contributed by atoms with E-state index in [0.717, 1.165) is 6.26 Å². The van der Waals surface area contributed by atoms with Crippen molar-refractivity contribution in [3.63, 3.8) is 0 Å². The summed E-state index contributed by atoms with van der Waals surface area (Å²) in [6.07, 6.45) is 0.514. The molecule has 142 valence electrons. The van der Waals surface area contributed by atoms with Crippen LogP contribution in [-0.2, 0) is 14.6 Å². The predicted octanol–water partition coefficient (Wildman–Crippen LogP) is 4.80. The van der Waals surface area contributed by atoms with Gasteiger partial charge in [0, 0.05) is 11.8 Å². The van der Waals surface area contributed by atoms with Gasteiger partial charge in [0.15, 0.2) is 16.1 Å². The van der Waals surface area contributed by atoms with E-state index in [1.165, 1.54) is 30.3 Å². The van der Waals surface area contributed by atoms with Gasteiger partial charge in [0.2, 0.25) is 0 Å². The van der Waals surface area contributed by atoms with Crippen molar-refractivity contribution < 1.29 is 22.0 Å². The topological polar surface area (TPSA) is 51.2 Å². The molecular formula is C21H20F2O3S. The van der Waals surface area contributed by atoms with Gasteiger partial charge in [-0.1, -0.05) is 49.4 Å². The summed E-state index contributed by atoms with van der Waals surface area (Å²) in [5.41, 5.74) is 1.56. The number of carbonyl (C=O) groups is 1. The van der Waals surface area contributed by atoms with Crippen LogP contribution < -0.4 is 0 Å². The molecule has 2 aromatic carbocycles. The van der Waals surface area contributed by atoms with E-state index in [-0.39, 0.29) is 22.5 Å². The van der Waals surface area contributed by atoms with E-state index >= 15 is 0 Å². The van der Waals surface area contributed by atoms with Crippen LogP contribution in [0.3, 0.4) is 0 Å². The number of hydrogen-bond acceptors (Lipinski definition) is 3. The maximum absolute atomic E-state index is 13.3. The zero-order valence-corrected chi connectivity index (χ0v) is 15.8. The van der Waals surface area contributed by atoms with Gasteiger partial charge in [0.25, 0.3) is 6.43 Å². The van der Waals surface area contributed by atoms with Gasteiger partial charge in [-0.05, 0) is 46.9 Å². The van der Waals surface area contributed by atoms with Crippen molar-refractivity contribution in [2.75, 3.05) is 6.26 Å². The number of sulfone groups is 1. The van der Waals surface area contributed by atoms with E-state index in [9.17, 15) is 22.0 Å². The van der Waals surface area contributed by atoms with Gasteiger partial charge in [-0.25, -0.2) is 17.2 Å². The van der Waals surface area contributed by atoms with Crippen molar-refractivity contribution in [2.45, 2.75) is 24.7 Å². The van der Waals surface area contributed by atoms with Crippen LogP contribution in [0, 0.1) is 0 Å². The molecule has 0 bridgehead atoms. The summed E-state index contributed by atoms with van der Waals surface area (Å²) >= 11 is 0. The van der Waals surface area contributed by atoms with E-state index in [4.69, 9.17) is 0 Å². The molecule has 27 heavy (non-hydrogen) atoms. The lowest BCUT2D eigenvalue weighted by Crippen LogP contribution is -2.00. The molecule has 0 fully saturated rings. The van der Waals surface area contributed by atoms with Gasteiger partial charge in [0.1, 0.15) is 0 Å². The molecule has 0 N–H and O–H groups in total. The molecule has 2 rings (SSSR count). The third-order valence-corrected chi connectivity index (χ3v) is 5.23. The lowest BCUT2D eigenvalue weighted by molar-refractivity contribution is -0.103. The highest BCUT2D eigenvalue weighted by Gasteiger charge is 2.15. The summed E-state index contributed by atoms with van der Waals surface area (Å²) in [5, 5.41) is 0. The normalized spacial score (nSPS) is 13.4. The van der Waals surface area contributed by atoms with E-state index in [1.807, 2.05) is 0 Å². The highest BCUT2D eigenvalue weighted by Crippen LogP contribution is 2.30. The smallest absolute Gasteiger partial charge is 0.260 e. The maximum Gasteiger partial charge on any atom is 0.260 e. The van der Waals surface area contributed by atoms with Gasteiger partial charge >= 0.3 is 0 Å². The van der Waals surface area contributed by atoms with Gasteiger partial charge in [0.05, 0.1) is 4.90 Å². The zero-order chi connectivity index (χ0) is 20.0. The molecule has 0 spiro atoms. The third-order valence-electron chi connectivity index (χ3n) is 4.10. The van der Waals surface area contributed by atoms with E-state index in [0.29, 0.717) is 23.0 Å². The van der Waals surface area contributed by atoms with Crippen LogP contribution in [0.4, 0.5) is 8.78 Å². The molecule has 0 atom stereocenters. The van der Waals surface area contributed by atoms with Crippen LogP contribution in [0.5, 0.6) is 0 Å². The van der Waals surface area contributed by atoms with Gasteiger partial charge in [-0.3, -0.25) is 4.79 Å². The van der Waals surface area contributed by atoms with E-state index in [1.54, 1.807) is 37.3 Å². The second kappa shape index (κ2) is 8.86. The number of allylic oxidation sites excluding steroid dienone is 4. The monoisotopic (exact) mass is 390 g/mol. The number of alkyl halides is 2. The zero-order valence-electron chi connectivity index (χ0n) is 15.0. The largest absolute Gasteiger partial charge is 0.298 e. The fraction of sp³-hybridized carbons (Fsp3) is 0.190. The Morgan fingerprint density at radius 1 is 0.963 bits per heavy atom. The molecule has 0 aliphatic rings. The van der Waals surface area contributed by atoms with Crippen LogP contribution in [0.1, 0.15) is 24.5 Å². The minimum atomic E-state index is -3.39. The number of halogens is 2. The summed E-state index contributed by atoms with van der Waals surface area (Å²) in [5.74, 6) is 0. The first kappa shape index (κ1) is 20.7.